The predicted molar refractivity (Wildman–Crippen MR) is 163 cm³/mol. The summed E-state index contributed by atoms with van der Waals surface area (Å²) >= 11 is 12.6. The Morgan fingerprint density at radius 1 is 1.07 bits per heavy atom. The molecular formula is C31H33Cl2N3O4S. The van der Waals surface area contributed by atoms with Gasteiger partial charge in [-0.1, -0.05) is 66.5 Å². The number of anilines is 1. The number of rotatable bonds is 11. The van der Waals surface area contributed by atoms with Gasteiger partial charge in [0.05, 0.1) is 23.9 Å². The highest BCUT2D eigenvalue weighted by Crippen LogP contribution is 2.45. The van der Waals surface area contributed by atoms with Crippen LogP contribution in [0.2, 0.25) is 10.0 Å². The molecule has 2 aliphatic rings. The molecule has 1 aliphatic carbocycles. The number of nitrogens with zero attached hydrogens (tertiary/aromatic N) is 3. The lowest BCUT2D eigenvalue weighted by Crippen LogP contribution is -2.57. The summed E-state index contributed by atoms with van der Waals surface area (Å²) in [6.45, 7) is 5.87. The Morgan fingerprint density at radius 2 is 1.83 bits per heavy atom. The summed E-state index contributed by atoms with van der Waals surface area (Å²) in [7, 11) is -3.67. The van der Waals surface area contributed by atoms with Gasteiger partial charge in [-0.15, -0.1) is 6.58 Å². The molecule has 0 unspecified atom stereocenters. The molecule has 1 aromatic heterocycles. The third-order valence-corrected chi connectivity index (χ3v) is 10.3. The second-order valence-corrected chi connectivity index (χ2v) is 13.4. The average molecular weight is 615 g/mol. The van der Waals surface area contributed by atoms with Crippen molar-refractivity contribution in [1.82, 2.24) is 9.88 Å². The normalized spacial score (nSPS) is 21.9. The average Bonchev–Trinajstić information content (AvgIpc) is 3.83. The van der Waals surface area contributed by atoms with Crippen molar-refractivity contribution in [2.24, 2.45) is 0 Å². The van der Waals surface area contributed by atoms with Crippen LogP contribution < -0.4 is 4.31 Å². The molecule has 2 heterocycles. The quantitative estimate of drug-likeness (QED) is 0.223. The van der Waals surface area contributed by atoms with Gasteiger partial charge in [-0.3, -0.25) is 9.10 Å². The summed E-state index contributed by atoms with van der Waals surface area (Å²) in [5, 5.41) is 0.673. The van der Waals surface area contributed by atoms with Crippen LogP contribution in [0.3, 0.4) is 0 Å². The Balaban J connectivity index is 1.63. The summed E-state index contributed by atoms with van der Waals surface area (Å²) < 4.78 is 35.3. The van der Waals surface area contributed by atoms with Crippen molar-refractivity contribution in [2.75, 3.05) is 10.8 Å². The molecule has 216 valence electrons. The van der Waals surface area contributed by atoms with Crippen LogP contribution in [0.25, 0.3) is 0 Å². The number of carbonyl (C=O) groups excluding carboxylic acids is 1. The molecular weight excluding hydrogens is 581 g/mol. The largest absolute Gasteiger partial charge is 0.358 e. The lowest BCUT2D eigenvalue weighted by Gasteiger charge is -2.48. The van der Waals surface area contributed by atoms with Crippen molar-refractivity contribution >= 4 is 45.0 Å². The molecule has 3 aromatic rings. The number of carbonyl (C=O) groups is 1. The Hall–Kier alpha value is -2.91. The van der Waals surface area contributed by atoms with Gasteiger partial charge in [0.2, 0.25) is 10.0 Å². The van der Waals surface area contributed by atoms with Gasteiger partial charge < -0.3 is 9.64 Å². The van der Waals surface area contributed by atoms with E-state index < -0.39 is 39.6 Å². The minimum atomic E-state index is -3.67. The van der Waals surface area contributed by atoms with Crippen molar-refractivity contribution in [3.8, 4) is 0 Å². The first-order chi connectivity index (χ1) is 19.7. The van der Waals surface area contributed by atoms with E-state index in [1.54, 1.807) is 48.7 Å². The molecule has 0 radical (unpaired) electrons. The Labute approximate surface area is 251 Å². The van der Waals surface area contributed by atoms with Crippen molar-refractivity contribution in [1.29, 1.82) is 0 Å². The van der Waals surface area contributed by atoms with Gasteiger partial charge in [-0.2, -0.15) is 0 Å². The van der Waals surface area contributed by atoms with E-state index in [1.165, 1.54) is 4.31 Å². The van der Waals surface area contributed by atoms with E-state index in [4.69, 9.17) is 27.9 Å². The number of halogens is 2. The third kappa shape index (κ3) is 6.31. The maximum Gasteiger partial charge on any atom is 0.252 e. The molecule has 5 rings (SSSR count). The van der Waals surface area contributed by atoms with Crippen LogP contribution in [0.4, 0.5) is 5.82 Å². The van der Waals surface area contributed by atoms with Crippen LogP contribution in [0.15, 0.2) is 85.6 Å². The predicted octanol–water partition coefficient (Wildman–Crippen LogP) is 6.75. The van der Waals surface area contributed by atoms with E-state index in [-0.39, 0.29) is 12.5 Å². The fraction of sp³-hybridized carbons (Fsp3) is 0.355. The number of hydrogen-bond donors (Lipinski definition) is 0. The summed E-state index contributed by atoms with van der Waals surface area (Å²) in [5.41, 5.74) is 1.63. The van der Waals surface area contributed by atoms with E-state index in [0.717, 1.165) is 11.1 Å². The summed E-state index contributed by atoms with van der Waals surface area (Å²) in [6, 6.07) is 18.9. The minimum Gasteiger partial charge on any atom is -0.358 e. The van der Waals surface area contributed by atoms with Gasteiger partial charge in [-0.05, 0) is 66.8 Å². The lowest BCUT2D eigenvalue weighted by molar-refractivity contribution is -0.178. The zero-order valence-corrected chi connectivity index (χ0v) is 25.1. The van der Waals surface area contributed by atoms with Gasteiger partial charge >= 0.3 is 0 Å². The van der Waals surface area contributed by atoms with Crippen molar-refractivity contribution < 1.29 is 17.9 Å². The molecule has 10 heteroatoms. The second-order valence-electron chi connectivity index (χ2n) is 10.4. The van der Waals surface area contributed by atoms with Gasteiger partial charge in [0, 0.05) is 22.7 Å². The standard InChI is InChI=1S/C31H33Cl2N3O4S/c1-3-8-27-31(37)36(25(4-2)20-35(28-11-5-6-18-34-28)41(38,39)26-16-17-26)29(21-12-14-23(32)15-13-21)30(40-27)22-9-7-10-24(33)19-22/h3,5-7,9-15,18-19,25-27,29-30H,1,4,8,16-17,20H2,2H3/t25-,27-,29+,30+/m0/s1. The van der Waals surface area contributed by atoms with Crippen LogP contribution in [-0.4, -0.2) is 48.1 Å². The minimum absolute atomic E-state index is 0.0608. The molecule has 1 amide bonds. The molecule has 0 spiro atoms. The van der Waals surface area contributed by atoms with E-state index in [0.29, 0.717) is 41.5 Å². The first-order valence-electron chi connectivity index (χ1n) is 13.8. The molecule has 0 bridgehead atoms. The number of aromatic nitrogens is 1. The Bertz CT molecular complexity index is 1480. The number of hydrogen-bond acceptors (Lipinski definition) is 5. The van der Waals surface area contributed by atoms with Gasteiger partial charge in [0.15, 0.2) is 0 Å². The van der Waals surface area contributed by atoms with E-state index >= 15 is 0 Å². The van der Waals surface area contributed by atoms with Gasteiger partial charge in [0.1, 0.15) is 18.0 Å². The van der Waals surface area contributed by atoms with E-state index in [1.807, 2.05) is 42.2 Å². The van der Waals surface area contributed by atoms with Crippen molar-refractivity contribution in [3.05, 3.63) is 107 Å². The molecule has 1 aliphatic heterocycles. The van der Waals surface area contributed by atoms with Crippen LogP contribution in [0, 0.1) is 0 Å². The maximum absolute atomic E-state index is 14.2. The molecule has 1 saturated heterocycles. The van der Waals surface area contributed by atoms with Crippen molar-refractivity contribution in [2.45, 2.75) is 62.1 Å². The van der Waals surface area contributed by atoms with Crippen LogP contribution in [-0.2, 0) is 19.6 Å². The van der Waals surface area contributed by atoms with Gasteiger partial charge in [0.25, 0.3) is 5.91 Å². The number of morpholine rings is 1. The fourth-order valence-corrected chi connectivity index (χ4v) is 7.56. The lowest BCUT2D eigenvalue weighted by atomic mass is 9.89. The molecule has 7 nitrogen and oxygen atoms in total. The zero-order chi connectivity index (χ0) is 29.1. The highest BCUT2D eigenvalue weighted by Gasteiger charge is 2.48. The van der Waals surface area contributed by atoms with Crippen molar-refractivity contribution in [3.63, 3.8) is 0 Å². The summed E-state index contributed by atoms with van der Waals surface area (Å²) in [4.78, 5) is 20.4. The maximum atomic E-state index is 14.2. The smallest absolute Gasteiger partial charge is 0.252 e. The van der Waals surface area contributed by atoms with Crippen LogP contribution in [0.5, 0.6) is 0 Å². The summed E-state index contributed by atoms with van der Waals surface area (Å²) in [6.07, 6.45) is 3.92. The number of pyridine rings is 1. The number of benzene rings is 2. The molecule has 4 atom stereocenters. The molecule has 2 fully saturated rings. The first kappa shape index (κ1) is 29.6. The van der Waals surface area contributed by atoms with Crippen LogP contribution in [0.1, 0.15) is 55.9 Å². The summed E-state index contributed by atoms with van der Waals surface area (Å²) in [5.74, 6) is 0.121. The van der Waals surface area contributed by atoms with E-state index in [9.17, 15) is 13.2 Å². The SMILES string of the molecule is C=CC[C@@H]1O[C@H](c2cccc(Cl)c2)[C@@H](c2ccc(Cl)cc2)N([C@@H](CC)CN(c2ccccn2)S(=O)(=O)C2CC2)C1=O. The Morgan fingerprint density at radius 3 is 2.44 bits per heavy atom. The number of sulfonamides is 1. The molecule has 1 saturated carbocycles. The molecule has 2 aromatic carbocycles. The fourth-order valence-electron chi connectivity index (χ4n) is 5.39. The second kappa shape index (κ2) is 12.5. The first-order valence-corrected chi connectivity index (χ1v) is 16.0. The zero-order valence-electron chi connectivity index (χ0n) is 22.8. The monoisotopic (exact) mass is 613 g/mol. The van der Waals surface area contributed by atoms with Gasteiger partial charge in [-0.25, -0.2) is 13.4 Å². The number of amides is 1. The highest BCUT2D eigenvalue weighted by molar-refractivity contribution is 7.93. The highest BCUT2D eigenvalue weighted by atomic mass is 35.5. The molecule has 41 heavy (non-hydrogen) atoms. The van der Waals surface area contributed by atoms with E-state index in [2.05, 4.69) is 11.6 Å². The number of ether oxygens (including phenoxy) is 1. The molecule has 0 N–H and O–H groups in total. The third-order valence-electron chi connectivity index (χ3n) is 7.60. The van der Waals surface area contributed by atoms with Crippen LogP contribution >= 0.6 is 23.2 Å². The topological polar surface area (TPSA) is 79.8 Å². The Kier molecular flexibility index (Phi) is 9.04.